The summed E-state index contributed by atoms with van der Waals surface area (Å²) >= 11 is 6.16. The Labute approximate surface area is 123 Å². The molecule has 0 radical (unpaired) electrons. The van der Waals surface area contributed by atoms with E-state index in [4.69, 9.17) is 26.8 Å². The van der Waals surface area contributed by atoms with Crippen molar-refractivity contribution in [3.63, 3.8) is 0 Å². The van der Waals surface area contributed by atoms with E-state index in [1.54, 1.807) is 0 Å². The molecule has 0 amide bonds. The number of nitrogens with two attached hydrogens (primary N) is 1. The molecular formula is C16H16ClNO2. The third-order valence-corrected chi connectivity index (χ3v) is 3.67. The van der Waals surface area contributed by atoms with Gasteiger partial charge < -0.3 is 15.2 Å². The summed E-state index contributed by atoms with van der Waals surface area (Å²) in [6.07, 6.45) is 0.909. The van der Waals surface area contributed by atoms with Gasteiger partial charge in [-0.25, -0.2) is 0 Å². The monoisotopic (exact) mass is 289 g/mol. The molecule has 2 N–H and O–H groups in total. The zero-order chi connectivity index (χ0) is 13.9. The molecular weight excluding hydrogens is 274 g/mol. The lowest BCUT2D eigenvalue weighted by atomic mass is 10.1. The number of para-hydroxylation sites is 1. The van der Waals surface area contributed by atoms with Crippen molar-refractivity contribution in [3.05, 3.63) is 58.6 Å². The van der Waals surface area contributed by atoms with E-state index >= 15 is 0 Å². The molecule has 2 aromatic rings. The molecule has 1 aliphatic heterocycles. The number of fused-ring (bicyclic) bond motifs is 1. The number of hydrogen-bond acceptors (Lipinski definition) is 3. The van der Waals surface area contributed by atoms with Gasteiger partial charge in [-0.3, -0.25) is 0 Å². The summed E-state index contributed by atoms with van der Waals surface area (Å²) in [6, 6.07) is 13.7. The van der Waals surface area contributed by atoms with Gasteiger partial charge in [-0.2, -0.15) is 0 Å². The lowest BCUT2D eigenvalue weighted by molar-refractivity contribution is 0.148. The van der Waals surface area contributed by atoms with E-state index in [9.17, 15) is 0 Å². The van der Waals surface area contributed by atoms with Crippen molar-refractivity contribution in [1.82, 2.24) is 0 Å². The highest BCUT2D eigenvalue weighted by Gasteiger charge is 2.23. The Morgan fingerprint density at radius 2 is 2.10 bits per heavy atom. The first kappa shape index (κ1) is 13.3. The van der Waals surface area contributed by atoms with Crippen LogP contribution in [0.15, 0.2) is 42.5 Å². The van der Waals surface area contributed by atoms with Crippen LogP contribution in [0.3, 0.4) is 0 Å². The third kappa shape index (κ3) is 2.74. The molecule has 1 aliphatic rings. The summed E-state index contributed by atoms with van der Waals surface area (Å²) in [7, 11) is 0. The van der Waals surface area contributed by atoms with Crippen LogP contribution in [-0.2, 0) is 13.0 Å². The second kappa shape index (κ2) is 5.73. The lowest BCUT2D eigenvalue weighted by Gasteiger charge is -2.13. The molecule has 1 unspecified atom stereocenters. The van der Waals surface area contributed by atoms with Crippen molar-refractivity contribution in [2.24, 2.45) is 5.73 Å². The number of halogens is 1. The lowest BCUT2D eigenvalue weighted by Crippen LogP contribution is -2.22. The predicted octanol–water partition coefficient (Wildman–Crippen LogP) is 3.18. The van der Waals surface area contributed by atoms with Crippen molar-refractivity contribution >= 4 is 11.6 Å². The van der Waals surface area contributed by atoms with Crippen molar-refractivity contribution in [2.45, 2.75) is 19.1 Å². The van der Waals surface area contributed by atoms with Crippen LogP contribution in [0.4, 0.5) is 0 Å². The highest BCUT2D eigenvalue weighted by atomic mass is 35.5. The minimum Gasteiger partial charge on any atom is -0.488 e. The molecule has 20 heavy (non-hydrogen) atoms. The Balaban J connectivity index is 1.61. The molecule has 3 rings (SSSR count). The minimum atomic E-state index is 0.0395. The molecule has 0 saturated carbocycles. The summed E-state index contributed by atoms with van der Waals surface area (Å²) in [5.74, 6) is 1.62. The van der Waals surface area contributed by atoms with Gasteiger partial charge in [0.2, 0.25) is 0 Å². The molecule has 0 spiro atoms. The fraction of sp³-hybridized carbons (Fsp3) is 0.250. The molecule has 1 heterocycles. The van der Waals surface area contributed by atoms with Crippen LogP contribution >= 0.6 is 11.6 Å². The maximum Gasteiger partial charge on any atom is 0.138 e. The first-order chi connectivity index (χ1) is 9.76. The molecule has 0 aromatic heterocycles. The highest BCUT2D eigenvalue weighted by molar-refractivity contribution is 6.32. The molecule has 1 atom stereocenters. The molecule has 3 nitrogen and oxygen atoms in total. The van der Waals surface area contributed by atoms with E-state index in [0.717, 1.165) is 17.7 Å². The third-order valence-electron chi connectivity index (χ3n) is 3.37. The second-order valence-electron chi connectivity index (χ2n) is 4.83. The number of rotatable bonds is 4. The fourth-order valence-corrected chi connectivity index (χ4v) is 2.58. The fourth-order valence-electron chi connectivity index (χ4n) is 2.32. The van der Waals surface area contributed by atoms with Gasteiger partial charge in [0.25, 0.3) is 0 Å². The van der Waals surface area contributed by atoms with Gasteiger partial charge in [0.05, 0.1) is 5.02 Å². The predicted molar refractivity (Wildman–Crippen MR) is 79.4 cm³/mol. The zero-order valence-corrected chi connectivity index (χ0v) is 11.8. The molecule has 0 bridgehead atoms. The molecule has 0 aliphatic carbocycles. The van der Waals surface area contributed by atoms with Crippen LogP contribution in [0.1, 0.15) is 11.1 Å². The summed E-state index contributed by atoms with van der Waals surface area (Å²) in [5.41, 5.74) is 7.79. The van der Waals surface area contributed by atoms with Gasteiger partial charge >= 0.3 is 0 Å². The maximum atomic E-state index is 6.16. The van der Waals surface area contributed by atoms with Gasteiger partial charge in [-0.1, -0.05) is 35.9 Å². The summed E-state index contributed by atoms with van der Waals surface area (Å²) < 4.78 is 11.6. The second-order valence-corrected chi connectivity index (χ2v) is 5.24. The van der Waals surface area contributed by atoms with Crippen molar-refractivity contribution in [1.29, 1.82) is 0 Å². The van der Waals surface area contributed by atoms with Crippen LogP contribution in [0.25, 0.3) is 0 Å². The average Bonchev–Trinajstić information content (AvgIpc) is 2.88. The Morgan fingerprint density at radius 1 is 1.25 bits per heavy atom. The minimum absolute atomic E-state index is 0.0395. The van der Waals surface area contributed by atoms with E-state index < -0.39 is 0 Å². The van der Waals surface area contributed by atoms with E-state index in [2.05, 4.69) is 6.07 Å². The first-order valence-electron chi connectivity index (χ1n) is 6.62. The first-order valence-corrected chi connectivity index (χ1v) is 7.00. The number of hydrogen-bond donors (Lipinski definition) is 1. The topological polar surface area (TPSA) is 44.5 Å². The highest BCUT2D eigenvalue weighted by Crippen LogP contribution is 2.30. The van der Waals surface area contributed by atoms with Crippen LogP contribution in [-0.4, -0.2) is 12.7 Å². The largest absolute Gasteiger partial charge is 0.488 e. The van der Waals surface area contributed by atoms with Gasteiger partial charge in [-0.05, 0) is 29.3 Å². The van der Waals surface area contributed by atoms with Crippen LogP contribution in [0.5, 0.6) is 11.5 Å². The van der Waals surface area contributed by atoms with E-state index in [1.165, 1.54) is 5.56 Å². The number of benzene rings is 2. The maximum absolute atomic E-state index is 6.16. The van der Waals surface area contributed by atoms with Crippen LogP contribution in [0, 0.1) is 0 Å². The zero-order valence-electron chi connectivity index (χ0n) is 11.0. The number of ether oxygens (including phenoxy) is 2. The normalized spacial score (nSPS) is 16.6. The van der Waals surface area contributed by atoms with Crippen molar-refractivity contribution < 1.29 is 9.47 Å². The van der Waals surface area contributed by atoms with Crippen molar-refractivity contribution in [3.8, 4) is 11.5 Å². The smallest absolute Gasteiger partial charge is 0.138 e. The van der Waals surface area contributed by atoms with E-state index in [0.29, 0.717) is 23.9 Å². The van der Waals surface area contributed by atoms with Gasteiger partial charge in [0.1, 0.15) is 24.2 Å². The van der Waals surface area contributed by atoms with Gasteiger partial charge in [0, 0.05) is 13.0 Å². The molecule has 4 heteroatoms. The Hall–Kier alpha value is -1.71. The molecule has 0 saturated heterocycles. The summed E-state index contributed by atoms with van der Waals surface area (Å²) in [4.78, 5) is 0. The SMILES string of the molecule is NCc1ccc(OCC2Cc3ccccc3O2)c(Cl)c1. The quantitative estimate of drug-likeness (QED) is 0.940. The molecule has 104 valence electrons. The average molecular weight is 290 g/mol. The van der Waals surface area contributed by atoms with Gasteiger partial charge in [0.15, 0.2) is 0 Å². The van der Waals surface area contributed by atoms with Crippen LogP contribution in [0.2, 0.25) is 5.02 Å². The summed E-state index contributed by atoms with van der Waals surface area (Å²) in [5, 5.41) is 0.587. The Kier molecular flexibility index (Phi) is 3.81. The van der Waals surface area contributed by atoms with E-state index in [-0.39, 0.29) is 6.10 Å². The molecule has 0 fully saturated rings. The Bertz CT molecular complexity index is 590. The summed E-state index contributed by atoms with van der Waals surface area (Å²) in [6.45, 7) is 0.956. The molecule has 2 aromatic carbocycles. The van der Waals surface area contributed by atoms with E-state index in [1.807, 2.05) is 36.4 Å². The van der Waals surface area contributed by atoms with Crippen LogP contribution < -0.4 is 15.2 Å². The van der Waals surface area contributed by atoms with Gasteiger partial charge in [-0.15, -0.1) is 0 Å². The van der Waals surface area contributed by atoms with Crippen molar-refractivity contribution in [2.75, 3.05) is 6.61 Å². The standard InChI is InChI=1S/C16H16ClNO2/c17-14-7-11(9-18)5-6-16(14)19-10-13-8-12-3-1-2-4-15(12)20-13/h1-7,13H,8-10,18H2. The Morgan fingerprint density at radius 3 is 2.85 bits per heavy atom.